The predicted molar refractivity (Wildman–Crippen MR) is 89.1 cm³/mol. The fourth-order valence-electron chi connectivity index (χ4n) is 4.94. The molecule has 3 atom stereocenters. The fraction of sp³-hybridized carbons (Fsp3) is 0.625. The second-order valence-electron chi connectivity index (χ2n) is 7.62. The van der Waals surface area contributed by atoms with Crippen LogP contribution < -0.4 is 4.72 Å². The zero-order valence-electron chi connectivity index (χ0n) is 14.2. The number of hydrogen-bond acceptors (Lipinski definition) is 4. The molecule has 1 heterocycles. The summed E-state index contributed by atoms with van der Waals surface area (Å²) in [6, 6.07) is 4.60. The van der Waals surface area contributed by atoms with Gasteiger partial charge in [0, 0.05) is 18.7 Å². The van der Waals surface area contributed by atoms with Crippen molar-refractivity contribution >= 4 is 15.9 Å². The van der Waals surface area contributed by atoms with E-state index in [0.717, 1.165) is 11.1 Å². The molecule has 1 N–H and O–H groups in total. The molecule has 4 rings (SSSR count). The molecule has 3 unspecified atom stereocenters. The molecule has 1 aromatic carbocycles. The van der Waals surface area contributed by atoms with Gasteiger partial charge in [0.1, 0.15) is 6.54 Å². The number of fused-ring (bicyclic) bond motifs is 1. The lowest BCUT2D eigenvalue weighted by Crippen LogP contribution is -2.52. The lowest BCUT2D eigenvalue weighted by Gasteiger charge is -2.33. The van der Waals surface area contributed by atoms with Gasteiger partial charge in [-0.1, -0.05) is 6.07 Å². The minimum absolute atomic E-state index is 0.0359. The van der Waals surface area contributed by atoms with Crippen LogP contribution in [-0.2, 0) is 23.1 Å². The molecule has 1 spiro atoms. The highest BCUT2D eigenvalue weighted by atomic mass is 32.2. The van der Waals surface area contributed by atoms with Crippen LogP contribution >= 0.6 is 0 Å². The summed E-state index contributed by atoms with van der Waals surface area (Å²) in [5.74, 6) is -0.336. The fourth-order valence-corrected chi connectivity index (χ4v) is 6.65. The number of non-ortho nitro benzene ring substituents is 1. The molecule has 11 heteroatoms. The van der Waals surface area contributed by atoms with Crippen LogP contribution in [0.3, 0.4) is 0 Å². The van der Waals surface area contributed by atoms with Crippen molar-refractivity contribution in [2.75, 3.05) is 13.1 Å². The van der Waals surface area contributed by atoms with Crippen molar-refractivity contribution < 1.29 is 26.5 Å². The maximum Gasteiger partial charge on any atom is 0.402 e. The molecular formula is C16H18F3N3O4S. The molecule has 1 aliphatic heterocycles. The summed E-state index contributed by atoms with van der Waals surface area (Å²) in [5.41, 5.74) is 0.689. The number of rotatable bonds is 2. The molecule has 2 bridgehead atoms. The van der Waals surface area contributed by atoms with Crippen LogP contribution in [0.25, 0.3) is 0 Å². The zero-order chi connectivity index (χ0) is 19.6. The topological polar surface area (TPSA) is 92.6 Å². The largest absolute Gasteiger partial charge is 0.402 e. The van der Waals surface area contributed by atoms with Crippen LogP contribution in [0.15, 0.2) is 18.2 Å². The Balaban J connectivity index is 1.69. The molecule has 1 saturated carbocycles. The lowest BCUT2D eigenvalue weighted by molar-refractivity contribution is -0.384. The highest BCUT2D eigenvalue weighted by Gasteiger charge is 2.60. The predicted octanol–water partition coefficient (Wildman–Crippen LogP) is 2.17. The van der Waals surface area contributed by atoms with E-state index in [1.165, 1.54) is 12.1 Å². The van der Waals surface area contributed by atoms with E-state index in [1.807, 2.05) is 0 Å². The Morgan fingerprint density at radius 2 is 1.85 bits per heavy atom. The summed E-state index contributed by atoms with van der Waals surface area (Å²) in [6.07, 6.45) is -2.33. The minimum Gasteiger partial charge on any atom is -0.258 e. The highest BCUT2D eigenvalue weighted by Crippen LogP contribution is 2.50. The number of nitro groups is 1. The van der Waals surface area contributed by atoms with E-state index in [4.69, 9.17) is 0 Å². The smallest absolute Gasteiger partial charge is 0.258 e. The number of nitrogens with zero attached hydrogens (tertiary/aromatic N) is 2. The van der Waals surface area contributed by atoms with Crippen LogP contribution in [0, 0.1) is 22.0 Å². The average Bonchev–Trinajstić information content (AvgIpc) is 2.90. The van der Waals surface area contributed by atoms with Crippen molar-refractivity contribution in [1.29, 1.82) is 0 Å². The van der Waals surface area contributed by atoms with Crippen LogP contribution in [0.4, 0.5) is 18.9 Å². The molecule has 1 saturated heterocycles. The Bertz CT molecular complexity index is 905. The van der Waals surface area contributed by atoms with Gasteiger partial charge in [-0.25, -0.2) is 0 Å². The normalized spacial score (nSPS) is 32.4. The van der Waals surface area contributed by atoms with Gasteiger partial charge in [-0.3, -0.25) is 10.1 Å². The summed E-state index contributed by atoms with van der Waals surface area (Å²) in [5, 5.41) is 11.0. The van der Waals surface area contributed by atoms with E-state index in [-0.39, 0.29) is 24.1 Å². The van der Waals surface area contributed by atoms with E-state index in [0.29, 0.717) is 30.0 Å². The maximum absolute atomic E-state index is 12.8. The van der Waals surface area contributed by atoms with Gasteiger partial charge in [-0.15, -0.1) is 0 Å². The van der Waals surface area contributed by atoms with Gasteiger partial charge in [0.2, 0.25) is 0 Å². The van der Waals surface area contributed by atoms with Crippen molar-refractivity contribution in [2.45, 2.75) is 37.4 Å². The molecule has 0 aromatic heterocycles. The molecule has 0 radical (unpaired) electrons. The SMILES string of the molecule is O=[N+]([O-])c1ccc2c(c1)CC1CCC(C2)C12CN(CC(F)(F)F)S(=O)(=O)N2. The van der Waals surface area contributed by atoms with Crippen molar-refractivity contribution in [1.82, 2.24) is 9.03 Å². The van der Waals surface area contributed by atoms with E-state index in [9.17, 15) is 31.7 Å². The number of nitro benzene ring substituents is 1. The standard InChI is InChI=1S/C16H18F3N3O4S/c17-16(18,19)9-21-8-15(20-27(21,25)26)12-2-3-13(15)6-11-7-14(22(23)24)4-1-10(11)5-12/h1,4,7,12-13,20H,2-3,5-6,8-9H2. The Kier molecular flexibility index (Phi) is 4.06. The third-order valence-corrected chi connectivity index (χ3v) is 7.68. The van der Waals surface area contributed by atoms with Crippen molar-refractivity contribution in [3.8, 4) is 0 Å². The number of benzene rings is 1. The summed E-state index contributed by atoms with van der Waals surface area (Å²) in [4.78, 5) is 10.6. The molecule has 148 valence electrons. The van der Waals surface area contributed by atoms with Gasteiger partial charge in [-0.05, 0) is 48.6 Å². The van der Waals surface area contributed by atoms with Gasteiger partial charge >= 0.3 is 6.18 Å². The van der Waals surface area contributed by atoms with Crippen LogP contribution in [0.2, 0.25) is 0 Å². The molecule has 27 heavy (non-hydrogen) atoms. The molecule has 2 aliphatic carbocycles. The first-order chi connectivity index (χ1) is 12.5. The quantitative estimate of drug-likeness (QED) is 0.603. The first-order valence-electron chi connectivity index (χ1n) is 8.62. The Labute approximate surface area is 153 Å². The monoisotopic (exact) mass is 405 g/mol. The molecule has 3 aliphatic rings. The molecule has 0 amide bonds. The zero-order valence-corrected chi connectivity index (χ0v) is 15.0. The summed E-state index contributed by atoms with van der Waals surface area (Å²) in [7, 11) is -4.22. The van der Waals surface area contributed by atoms with Gasteiger partial charge in [-0.2, -0.15) is 30.6 Å². The van der Waals surface area contributed by atoms with E-state index < -0.39 is 33.4 Å². The van der Waals surface area contributed by atoms with Gasteiger partial charge in [0.05, 0.1) is 10.5 Å². The van der Waals surface area contributed by atoms with Gasteiger partial charge < -0.3 is 0 Å². The number of hydrogen-bond donors (Lipinski definition) is 1. The van der Waals surface area contributed by atoms with Crippen molar-refractivity contribution in [2.24, 2.45) is 11.8 Å². The van der Waals surface area contributed by atoms with E-state index in [2.05, 4.69) is 4.72 Å². The lowest BCUT2D eigenvalue weighted by atomic mass is 9.79. The summed E-state index contributed by atoms with van der Waals surface area (Å²) < 4.78 is 66.3. The number of alkyl halides is 3. The third kappa shape index (κ3) is 3.11. The number of halogens is 3. The van der Waals surface area contributed by atoms with Gasteiger partial charge in [0.15, 0.2) is 0 Å². The first-order valence-corrected chi connectivity index (χ1v) is 10.1. The third-order valence-electron chi connectivity index (χ3n) is 6.11. The minimum atomic E-state index is -4.62. The second-order valence-corrected chi connectivity index (χ2v) is 9.29. The molecule has 7 nitrogen and oxygen atoms in total. The van der Waals surface area contributed by atoms with Crippen molar-refractivity contribution in [3.05, 3.63) is 39.4 Å². The Morgan fingerprint density at radius 3 is 2.44 bits per heavy atom. The Morgan fingerprint density at radius 1 is 1.22 bits per heavy atom. The Hall–Kier alpha value is -1.72. The maximum atomic E-state index is 12.8. The molecule has 2 fully saturated rings. The average molecular weight is 405 g/mol. The second kappa shape index (κ2) is 5.89. The first kappa shape index (κ1) is 18.6. The number of nitrogens with one attached hydrogen (secondary N) is 1. The van der Waals surface area contributed by atoms with Crippen LogP contribution in [0.5, 0.6) is 0 Å². The summed E-state index contributed by atoms with van der Waals surface area (Å²) >= 11 is 0. The van der Waals surface area contributed by atoms with Gasteiger partial charge in [0.25, 0.3) is 15.9 Å². The molecule has 1 aromatic rings. The van der Waals surface area contributed by atoms with Crippen LogP contribution in [-0.4, -0.2) is 42.5 Å². The highest BCUT2D eigenvalue weighted by molar-refractivity contribution is 7.87. The van der Waals surface area contributed by atoms with E-state index >= 15 is 0 Å². The summed E-state index contributed by atoms with van der Waals surface area (Å²) in [6.45, 7) is -1.73. The molecular weight excluding hydrogens is 387 g/mol. The van der Waals surface area contributed by atoms with Crippen LogP contribution in [0.1, 0.15) is 24.0 Å². The van der Waals surface area contributed by atoms with E-state index in [1.54, 1.807) is 6.07 Å². The van der Waals surface area contributed by atoms with Crippen molar-refractivity contribution in [3.63, 3.8) is 0 Å².